The van der Waals surface area contributed by atoms with Gasteiger partial charge in [-0.2, -0.15) is 13.2 Å². The number of methoxy groups -OCH3 is 1. The van der Waals surface area contributed by atoms with Gasteiger partial charge < -0.3 is 4.74 Å². The largest absolute Gasteiger partial charge is 0.496 e. The average molecular weight is 344 g/mol. The van der Waals surface area contributed by atoms with Crippen LogP contribution in [0.15, 0.2) is 36.5 Å². The highest BCUT2D eigenvalue weighted by atomic mass is 35.5. The lowest BCUT2D eigenvalue weighted by atomic mass is 10.0. The summed E-state index contributed by atoms with van der Waals surface area (Å²) in [6.45, 7) is 0. The summed E-state index contributed by atoms with van der Waals surface area (Å²) >= 11 is 5.89. The van der Waals surface area contributed by atoms with Crippen molar-refractivity contribution in [1.29, 1.82) is 0 Å². The quantitative estimate of drug-likeness (QED) is 0.820. The van der Waals surface area contributed by atoms with Gasteiger partial charge in [-0.05, 0) is 29.8 Å². The lowest BCUT2D eigenvalue weighted by Crippen LogP contribution is -2.10. The maximum absolute atomic E-state index is 12.4. The monoisotopic (exact) mass is 343 g/mol. The smallest absolute Gasteiger partial charge is 0.433 e. The Morgan fingerprint density at radius 3 is 2.52 bits per heavy atom. The second-order valence-electron chi connectivity index (χ2n) is 4.90. The number of alkyl halides is 3. The van der Waals surface area contributed by atoms with E-state index in [4.69, 9.17) is 16.3 Å². The number of nitrogens with zero attached hydrogens (tertiary/aromatic N) is 1. The van der Waals surface area contributed by atoms with Crippen molar-refractivity contribution in [3.05, 3.63) is 58.4 Å². The van der Waals surface area contributed by atoms with Gasteiger partial charge in [0, 0.05) is 29.6 Å². The van der Waals surface area contributed by atoms with Crippen LogP contribution < -0.4 is 4.74 Å². The van der Waals surface area contributed by atoms with Crippen LogP contribution in [0.1, 0.15) is 16.8 Å². The van der Waals surface area contributed by atoms with Crippen LogP contribution in [-0.2, 0) is 23.8 Å². The Labute approximate surface area is 136 Å². The third-order valence-corrected chi connectivity index (χ3v) is 3.38. The fourth-order valence-electron chi connectivity index (χ4n) is 2.08. The first kappa shape index (κ1) is 17.3. The number of Topliss-reactive ketones (excluding diaryl/α,β-unsaturated/α-hetero) is 1. The molecule has 3 nitrogen and oxygen atoms in total. The predicted octanol–water partition coefficient (Wildman–Crippen LogP) is 4.12. The molecule has 1 aromatic heterocycles. The molecule has 0 aliphatic rings. The first-order valence-electron chi connectivity index (χ1n) is 6.66. The summed E-state index contributed by atoms with van der Waals surface area (Å²) in [5.74, 6) is 0.361. The lowest BCUT2D eigenvalue weighted by molar-refractivity contribution is -0.141. The van der Waals surface area contributed by atoms with E-state index in [1.807, 2.05) is 0 Å². The van der Waals surface area contributed by atoms with Gasteiger partial charge in [0.25, 0.3) is 0 Å². The van der Waals surface area contributed by atoms with Gasteiger partial charge in [-0.1, -0.05) is 17.7 Å². The molecule has 0 atom stereocenters. The van der Waals surface area contributed by atoms with E-state index in [0.29, 0.717) is 21.9 Å². The highest BCUT2D eigenvalue weighted by Crippen LogP contribution is 2.27. The normalized spacial score (nSPS) is 11.3. The van der Waals surface area contributed by atoms with Crippen molar-refractivity contribution in [1.82, 2.24) is 4.98 Å². The standard InChI is InChI=1S/C16H13ClF3NO2/c1-23-14-4-3-12(17)7-11(14)8-13(22)6-10-2-5-15(21-9-10)16(18,19)20/h2-5,7,9H,6,8H2,1H3. The maximum Gasteiger partial charge on any atom is 0.433 e. The number of benzene rings is 1. The Kier molecular flexibility index (Phi) is 5.26. The summed E-state index contributed by atoms with van der Waals surface area (Å²) in [4.78, 5) is 15.4. The zero-order valence-corrected chi connectivity index (χ0v) is 12.9. The van der Waals surface area contributed by atoms with Crippen LogP contribution in [0.25, 0.3) is 0 Å². The molecular formula is C16H13ClF3NO2. The molecule has 0 radical (unpaired) electrons. The topological polar surface area (TPSA) is 39.2 Å². The van der Waals surface area contributed by atoms with Crippen LogP contribution in [0.4, 0.5) is 13.2 Å². The van der Waals surface area contributed by atoms with Gasteiger partial charge in [0.1, 0.15) is 17.2 Å². The number of carbonyl (C=O) groups is 1. The molecule has 0 spiro atoms. The highest BCUT2D eigenvalue weighted by Gasteiger charge is 2.32. The van der Waals surface area contributed by atoms with E-state index in [1.165, 1.54) is 13.2 Å². The number of pyridine rings is 1. The van der Waals surface area contributed by atoms with Crippen LogP contribution in [0.2, 0.25) is 5.02 Å². The summed E-state index contributed by atoms with van der Waals surface area (Å²) < 4.78 is 42.5. The van der Waals surface area contributed by atoms with Crippen LogP contribution in [0.5, 0.6) is 5.75 Å². The lowest BCUT2D eigenvalue weighted by Gasteiger charge is -2.09. The first-order valence-corrected chi connectivity index (χ1v) is 7.03. The van der Waals surface area contributed by atoms with Gasteiger partial charge in [0.05, 0.1) is 7.11 Å². The summed E-state index contributed by atoms with van der Waals surface area (Å²) in [7, 11) is 1.48. The van der Waals surface area contributed by atoms with Crippen molar-refractivity contribution in [3.63, 3.8) is 0 Å². The molecule has 2 rings (SSSR count). The van der Waals surface area contributed by atoms with Gasteiger partial charge in [0.15, 0.2) is 0 Å². The molecule has 1 heterocycles. The number of ketones is 1. The van der Waals surface area contributed by atoms with Crippen molar-refractivity contribution in [3.8, 4) is 5.75 Å². The Balaban J connectivity index is 2.07. The molecule has 0 unspecified atom stereocenters. The summed E-state index contributed by atoms with van der Waals surface area (Å²) in [5, 5.41) is 0.477. The van der Waals surface area contributed by atoms with Gasteiger partial charge in [-0.3, -0.25) is 9.78 Å². The number of ether oxygens (including phenoxy) is 1. The van der Waals surface area contributed by atoms with Gasteiger partial charge in [0.2, 0.25) is 0 Å². The van der Waals surface area contributed by atoms with Crippen molar-refractivity contribution >= 4 is 17.4 Å². The molecular weight excluding hydrogens is 331 g/mol. The number of halogens is 4. The van der Waals surface area contributed by atoms with E-state index in [0.717, 1.165) is 12.3 Å². The predicted molar refractivity (Wildman–Crippen MR) is 79.7 cm³/mol. The zero-order chi connectivity index (χ0) is 17.0. The maximum atomic E-state index is 12.4. The molecule has 0 aliphatic carbocycles. The van der Waals surface area contributed by atoms with E-state index in [1.54, 1.807) is 18.2 Å². The Bertz CT molecular complexity index is 699. The molecule has 0 saturated carbocycles. The van der Waals surface area contributed by atoms with Gasteiger partial charge >= 0.3 is 6.18 Å². The van der Waals surface area contributed by atoms with Crippen molar-refractivity contribution in [2.75, 3.05) is 7.11 Å². The molecule has 2 aromatic rings. The summed E-state index contributed by atoms with van der Waals surface area (Å²) in [6, 6.07) is 7.05. The van der Waals surface area contributed by atoms with Crippen LogP contribution in [0, 0.1) is 0 Å². The second kappa shape index (κ2) is 7.00. The van der Waals surface area contributed by atoms with E-state index < -0.39 is 11.9 Å². The number of hydrogen-bond donors (Lipinski definition) is 0. The number of rotatable bonds is 5. The fraction of sp³-hybridized carbons (Fsp3) is 0.250. The SMILES string of the molecule is COc1ccc(Cl)cc1CC(=O)Cc1ccc(C(F)(F)F)nc1. The molecule has 23 heavy (non-hydrogen) atoms. The van der Waals surface area contributed by atoms with E-state index >= 15 is 0 Å². The third-order valence-electron chi connectivity index (χ3n) is 3.15. The minimum atomic E-state index is -4.49. The highest BCUT2D eigenvalue weighted by molar-refractivity contribution is 6.30. The van der Waals surface area contributed by atoms with Crippen molar-refractivity contribution in [2.24, 2.45) is 0 Å². The molecule has 0 amide bonds. The minimum absolute atomic E-state index is 0.0131. The minimum Gasteiger partial charge on any atom is -0.496 e. The molecule has 0 saturated heterocycles. The summed E-state index contributed by atoms with van der Waals surface area (Å²) in [5.41, 5.74) is 0.0686. The molecule has 1 aromatic carbocycles. The zero-order valence-electron chi connectivity index (χ0n) is 12.2. The second-order valence-corrected chi connectivity index (χ2v) is 5.33. The van der Waals surface area contributed by atoms with Gasteiger partial charge in [-0.25, -0.2) is 0 Å². The number of carbonyl (C=O) groups excluding carboxylic acids is 1. The number of hydrogen-bond acceptors (Lipinski definition) is 3. The third kappa shape index (κ3) is 4.69. The Morgan fingerprint density at radius 2 is 1.96 bits per heavy atom. The molecule has 0 bridgehead atoms. The molecule has 0 aliphatic heterocycles. The Morgan fingerprint density at radius 1 is 1.22 bits per heavy atom. The van der Waals surface area contributed by atoms with E-state index in [9.17, 15) is 18.0 Å². The van der Waals surface area contributed by atoms with Gasteiger partial charge in [-0.15, -0.1) is 0 Å². The number of aromatic nitrogens is 1. The van der Waals surface area contributed by atoms with Crippen LogP contribution in [-0.4, -0.2) is 17.9 Å². The van der Waals surface area contributed by atoms with E-state index in [-0.39, 0.29) is 18.6 Å². The molecule has 122 valence electrons. The summed E-state index contributed by atoms with van der Waals surface area (Å²) in [6.07, 6.45) is -3.36. The van der Waals surface area contributed by atoms with E-state index in [2.05, 4.69) is 4.98 Å². The van der Waals surface area contributed by atoms with Crippen LogP contribution >= 0.6 is 11.6 Å². The van der Waals surface area contributed by atoms with Crippen molar-refractivity contribution in [2.45, 2.75) is 19.0 Å². The fourth-order valence-corrected chi connectivity index (χ4v) is 2.28. The molecule has 0 N–H and O–H groups in total. The first-order chi connectivity index (χ1) is 10.8. The van der Waals surface area contributed by atoms with Crippen molar-refractivity contribution < 1.29 is 22.7 Å². The Hall–Kier alpha value is -2.08. The molecule has 0 fully saturated rings. The average Bonchev–Trinajstić information content (AvgIpc) is 2.47. The molecule has 7 heteroatoms. The van der Waals surface area contributed by atoms with Crippen LogP contribution in [0.3, 0.4) is 0 Å².